The van der Waals surface area contributed by atoms with E-state index in [2.05, 4.69) is 5.32 Å². The maximum atomic E-state index is 11.8. The molecule has 2 aromatic rings. The van der Waals surface area contributed by atoms with Crippen LogP contribution in [0.5, 0.6) is 5.75 Å². The fourth-order valence-corrected chi connectivity index (χ4v) is 3.73. The van der Waals surface area contributed by atoms with Crippen molar-refractivity contribution in [2.45, 2.75) is 24.6 Å². The third kappa shape index (κ3) is 4.78. The summed E-state index contributed by atoms with van der Waals surface area (Å²) in [5.74, 6) is 0.425. The zero-order chi connectivity index (χ0) is 17.0. The summed E-state index contributed by atoms with van der Waals surface area (Å²) in [6, 6.07) is 8.81. The van der Waals surface area contributed by atoms with E-state index in [0.717, 1.165) is 22.5 Å². The Morgan fingerprint density at radius 1 is 1.22 bits per heavy atom. The molecule has 8 heteroatoms. The molecular weight excluding hydrogens is 336 g/mol. The molecule has 3 N–H and O–H groups in total. The van der Waals surface area contributed by atoms with Gasteiger partial charge in [-0.1, -0.05) is 18.2 Å². The van der Waals surface area contributed by atoms with E-state index in [-0.39, 0.29) is 23.3 Å². The van der Waals surface area contributed by atoms with Crippen molar-refractivity contribution in [3.8, 4) is 5.75 Å². The fourth-order valence-electron chi connectivity index (χ4n) is 2.01. The van der Waals surface area contributed by atoms with Gasteiger partial charge in [0.15, 0.2) is 6.61 Å². The van der Waals surface area contributed by atoms with Crippen molar-refractivity contribution in [1.82, 2.24) is 5.32 Å². The van der Waals surface area contributed by atoms with Gasteiger partial charge in [0, 0.05) is 4.88 Å². The summed E-state index contributed by atoms with van der Waals surface area (Å²) >= 11 is 1.03. The fraction of sp³-hybridized carbons (Fsp3) is 0.267. The van der Waals surface area contributed by atoms with E-state index in [1.165, 1.54) is 6.07 Å². The molecule has 0 saturated carbocycles. The van der Waals surface area contributed by atoms with Crippen molar-refractivity contribution >= 4 is 27.3 Å². The first-order chi connectivity index (χ1) is 10.8. The SMILES string of the molecule is Cc1cccc(C)c1OCC(=O)NCc1ccc(S(N)(=O)=O)s1. The molecule has 0 unspecified atom stereocenters. The molecule has 0 spiro atoms. The van der Waals surface area contributed by atoms with Crippen molar-refractivity contribution in [3.63, 3.8) is 0 Å². The van der Waals surface area contributed by atoms with E-state index in [1.54, 1.807) is 6.07 Å². The number of amides is 1. The number of para-hydroxylation sites is 1. The van der Waals surface area contributed by atoms with Crippen LogP contribution in [0, 0.1) is 13.8 Å². The molecule has 0 aliphatic rings. The highest BCUT2D eigenvalue weighted by molar-refractivity contribution is 7.91. The number of primary sulfonamides is 1. The minimum Gasteiger partial charge on any atom is -0.483 e. The van der Waals surface area contributed by atoms with Crippen LogP contribution in [0.4, 0.5) is 0 Å². The first kappa shape index (κ1) is 17.5. The summed E-state index contributed by atoms with van der Waals surface area (Å²) in [4.78, 5) is 12.5. The lowest BCUT2D eigenvalue weighted by Gasteiger charge is -2.11. The molecule has 0 saturated heterocycles. The zero-order valence-corrected chi connectivity index (χ0v) is 14.5. The number of aryl methyl sites for hydroxylation is 2. The van der Waals surface area contributed by atoms with Gasteiger partial charge in [-0.05, 0) is 37.1 Å². The number of thiophene rings is 1. The first-order valence-electron chi connectivity index (χ1n) is 6.84. The quantitative estimate of drug-likeness (QED) is 0.825. The highest BCUT2D eigenvalue weighted by atomic mass is 32.2. The molecule has 6 nitrogen and oxygen atoms in total. The number of hydrogen-bond donors (Lipinski definition) is 2. The van der Waals surface area contributed by atoms with Gasteiger partial charge in [0.05, 0.1) is 6.54 Å². The monoisotopic (exact) mass is 354 g/mol. The normalized spacial score (nSPS) is 11.3. The van der Waals surface area contributed by atoms with E-state index in [1.807, 2.05) is 32.0 Å². The van der Waals surface area contributed by atoms with E-state index in [0.29, 0.717) is 10.6 Å². The molecule has 1 aromatic carbocycles. The van der Waals surface area contributed by atoms with Gasteiger partial charge in [-0.3, -0.25) is 4.79 Å². The molecule has 1 heterocycles. The van der Waals surface area contributed by atoms with E-state index in [9.17, 15) is 13.2 Å². The van der Waals surface area contributed by atoms with Crippen molar-refractivity contribution in [2.24, 2.45) is 5.14 Å². The Labute approximate surface area is 139 Å². The van der Waals surface area contributed by atoms with E-state index >= 15 is 0 Å². The topological polar surface area (TPSA) is 98.5 Å². The number of rotatable bonds is 6. The van der Waals surface area contributed by atoms with Crippen molar-refractivity contribution in [2.75, 3.05) is 6.61 Å². The molecule has 0 bridgehead atoms. The summed E-state index contributed by atoms with van der Waals surface area (Å²) in [6.07, 6.45) is 0. The van der Waals surface area contributed by atoms with Gasteiger partial charge in [-0.2, -0.15) is 0 Å². The smallest absolute Gasteiger partial charge is 0.258 e. The average molecular weight is 354 g/mol. The molecular formula is C15H18N2O4S2. The van der Waals surface area contributed by atoms with Gasteiger partial charge < -0.3 is 10.1 Å². The van der Waals surface area contributed by atoms with Crippen LogP contribution >= 0.6 is 11.3 Å². The molecule has 0 aliphatic carbocycles. The van der Waals surface area contributed by atoms with Gasteiger partial charge in [-0.15, -0.1) is 11.3 Å². The summed E-state index contributed by atoms with van der Waals surface area (Å²) in [5, 5.41) is 7.73. The Kier molecular flexibility index (Phi) is 5.40. The first-order valence-corrected chi connectivity index (χ1v) is 9.21. The maximum absolute atomic E-state index is 11.8. The highest BCUT2D eigenvalue weighted by Crippen LogP contribution is 2.22. The van der Waals surface area contributed by atoms with Crippen LogP contribution in [0.15, 0.2) is 34.5 Å². The molecule has 0 fully saturated rings. The van der Waals surface area contributed by atoms with Crippen LogP contribution in [-0.2, 0) is 21.4 Å². The summed E-state index contributed by atoms with van der Waals surface area (Å²) in [5.41, 5.74) is 1.93. The molecule has 1 amide bonds. The molecule has 0 atom stereocenters. The van der Waals surface area contributed by atoms with Crippen LogP contribution in [0.25, 0.3) is 0 Å². The second kappa shape index (κ2) is 7.12. The maximum Gasteiger partial charge on any atom is 0.258 e. The van der Waals surface area contributed by atoms with Gasteiger partial charge in [0.25, 0.3) is 5.91 Å². The number of benzene rings is 1. The lowest BCUT2D eigenvalue weighted by molar-refractivity contribution is -0.123. The minimum atomic E-state index is -3.70. The summed E-state index contributed by atoms with van der Waals surface area (Å²) in [6.45, 7) is 3.97. The van der Waals surface area contributed by atoms with Crippen LogP contribution < -0.4 is 15.2 Å². The number of carbonyl (C=O) groups is 1. The largest absolute Gasteiger partial charge is 0.483 e. The minimum absolute atomic E-state index is 0.0773. The van der Waals surface area contributed by atoms with Crippen LogP contribution in [0.2, 0.25) is 0 Å². The average Bonchev–Trinajstić information content (AvgIpc) is 2.93. The zero-order valence-electron chi connectivity index (χ0n) is 12.8. The second-order valence-electron chi connectivity index (χ2n) is 5.05. The third-order valence-electron chi connectivity index (χ3n) is 3.13. The molecule has 0 radical (unpaired) electrons. The molecule has 1 aromatic heterocycles. The molecule has 0 aliphatic heterocycles. The lowest BCUT2D eigenvalue weighted by atomic mass is 10.1. The Morgan fingerprint density at radius 2 is 1.87 bits per heavy atom. The standard InChI is InChI=1S/C15H18N2O4S2/c1-10-4-3-5-11(2)15(10)21-9-13(18)17-8-12-6-7-14(22-12)23(16,19)20/h3-7H,8-9H2,1-2H3,(H,17,18)(H2,16,19,20). The third-order valence-corrected chi connectivity index (χ3v) is 5.66. The number of carbonyl (C=O) groups excluding carboxylic acids is 1. The predicted octanol–water partition coefficient (Wildman–Crippen LogP) is 1.71. The van der Waals surface area contributed by atoms with Crippen molar-refractivity contribution in [3.05, 3.63) is 46.3 Å². The number of sulfonamides is 1. The highest BCUT2D eigenvalue weighted by Gasteiger charge is 2.12. The second-order valence-corrected chi connectivity index (χ2v) is 8.01. The Bertz CT molecular complexity index is 792. The Hall–Kier alpha value is -1.90. The predicted molar refractivity (Wildman–Crippen MR) is 88.9 cm³/mol. The van der Waals surface area contributed by atoms with Gasteiger partial charge in [-0.25, -0.2) is 13.6 Å². The van der Waals surface area contributed by atoms with Gasteiger partial charge >= 0.3 is 0 Å². The molecule has 23 heavy (non-hydrogen) atoms. The van der Waals surface area contributed by atoms with Crippen molar-refractivity contribution in [1.29, 1.82) is 0 Å². The van der Waals surface area contributed by atoms with E-state index in [4.69, 9.17) is 9.88 Å². The molecule has 2 rings (SSSR count). The molecule has 124 valence electrons. The van der Waals surface area contributed by atoms with Gasteiger partial charge in [0.1, 0.15) is 9.96 Å². The van der Waals surface area contributed by atoms with Crippen LogP contribution in [-0.4, -0.2) is 20.9 Å². The van der Waals surface area contributed by atoms with E-state index < -0.39 is 10.0 Å². The van der Waals surface area contributed by atoms with Crippen LogP contribution in [0.1, 0.15) is 16.0 Å². The number of ether oxygens (including phenoxy) is 1. The Morgan fingerprint density at radius 3 is 2.43 bits per heavy atom. The van der Waals surface area contributed by atoms with Crippen molar-refractivity contribution < 1.29 is 17.9 Å². The summed E-state index contributed by atoms with van der Waals surface area (Å²) in [7, 11) is -3.70. The Balaban J connectivity index is 1.87. The number of hydrogen-bond acceptors (Lipinski definition) is 5. The van der Waals surface area contributed by atoms with Crippen LogP contribution in [0.3, 0.4) is 0 Å². The lowest BCUT2D eigenvalue weighted by Crippen LogP contribution is -2.28. The number of nitrogens with one attached hydrogen (secondary N) is 1. The van der Waals surface area contributed by atoms with Gasteiger partial charge in [0.2, 0.25) is 10.0 Å². The number of nitrogens with two attached hydrogens (primary N) is 1. The summed E-state index contributed by atoms with van der Waals surface area (Å²) < 4.78 is 28.0.